The molecule has 0 N–H and O–H groups in total. The number of hydrogen-bond acceptors (Lipinski definition) is 3. The van der Waals surface area contributed by atoms with Gasteiger partial charge in [0.15, 0.2) is 0 Å². The topological polar surface area (TPSA) is 52.7 Å². The summed E-state index contributed by atoms with van der Waals surface area (Å²) in [6.07, 6.45) is 4.99. The monoisotopic (exact) mass is 254 g/mol. The van der Waals surface area contributed by atoms with Crippen LogP contribution in [0.5, 0.6) is 0 Å². The largest absolute Gasteiger partial charge is 0.308 e. The van der Waals surface area contributed by atoms with Crippen LogP contribution in [0.2, 0.25) is 0 Å². The van der Waals surface area contributed by atoms with E-state index in [1.165, 1.54) is 0 Å². The van der Waals surface area contributed by atoms with Gasteiger partial charge in [0, 0.05) is 18.4 Å². The first-order valence-electron chi connectivity index (χ1n) is 6.18. The Labute approximate surface area is 110 Å². The van der Waals surface area contributed by atoms with Crippen LogP contribution in [0.1, 0.15) is 19.9 Å². The molecule has 5 heteroatoms. The summed E-state index contributed by atoms with van der Waals surface area (Å²) in [5.41, 5.74) is 1.62. The Bertz CT molecular complexity index is 785. The van der Waals surface area contributed by atoms with Gasteiger partial charge in [-0.3, -0.25) is 9.36 Å². The third kappa shape index (κ3) is 1.83. The van der Waals surface area contributed by atoms with E-state index in [2.05, 4.69) is 9.97 Å². The van der Waals surface area contributed by atoms with Crippen LogP contribution >= 0.6 is 0 Å². The van der Waals surface area contributed by atoms with Crippen LogP contribution in [-0.2, 0) is 0 Å². The first-order chi connectivity index (χ1) is 9.18. The molecular formula is C14H14N4O. The summed E-state index contributed by atoms with van der Waals surface area (Å²) in [6.45, 7) is 3.94. The Kier molecular flexibility index (Phi) is 2.67. The number of nitrogens with zero attached hydrogens (tertiary/aromatic N) is 4. The fourth-order valence-electron chi connectivity index (χ4n) is 2.11. The van der Waals surface area contributed by atoms with Gasteiger partial charge in [-0.1, -0.05) is 12.1 Å². The minimum absolute atomic E-state index is 0.101. The minimum atomic E-state index is -0.111. The van der Waals surface area contributed by atoms with E-state index in [0.717, 1.165) is 11.0 Å². The Hall–Kier alpha value is -2.43. The molecule has 0 aliphatic rings. The van der Waals surface area contributed by atoms with Crippen molar-refractivity contribution < 1.29 is 0 Å². The maximum absolute atomic E-state index is 12.4. The average molecular weight is 254 g/mol. The number of hydrogen-bond donors (Lipinski definition) is 0. The van der Waals surface area contributed by atoms with Gasteiger partial charge in [-0.05, 0) is 26.0 Å². The lowest BCUT2D eigenvalue weighted by molar-refractivity contribution is 0.570. The lowest BCUT2D eigenvalue weighted by Gasteiger charge is -2.11. The van der Waals surface area contributed by atoms with Gasteiger partial charge >= 0.3 is 0 Å². The second-order valence-corrected chi connectivity index (χ2v) is 4.66. The Morgan fingerprint density at radius 1 is 1.16 bits per heavy atom. The van der Waals surface area contributed by atoms with Crippen molar-refractivity contribution in [2.75, 3.05) is 0 Å². The van der Waals surface area contributed by atoms with Gasteiger partial charge in [0.1, 0.15) is 6.33 Å². The molecule has 0 saturated heterocycles. The van der Waals surface area contributed by atoms with Gasteiger partial charge in [-0.2, -0.15) is 0 Å². The Morgan fingerprint density at radius 3 is 2.74 bits per heavy atom. The smallest absolute Gasteiger partial charge is 0.294 e. The van der Waals surface area contributed by atoms with E-state index in [1.807, 2.05) is 38.1 Å². The SMILES string of the molecule is CC(C)n1ccnc(-n2cnc3ccccc32)c1=O. The van der Waals surface area contributed by atoms with E-state index in [4.69, 9.17) is 0 Å². The third-order valence-electron chi connectivity index (χ3n) is 3.09. The summed E-state index contributed by atoms with van der Waals surface area (Å²) in [7, 11) is 0. The maximum atomic E-state index is 12.4. The van der Waals surface area contributed by atoms with Crippen molar-refractivity contribution in [2.45, 2.75) is 19.9 Å². The molecule has 2 heterocycles. The predicted octanol–water partition coefficient (Wildman–Crippen LogP) is 2.16. The molecule has 96 valence electrons. The van der Waals surface area contributed by atoms with Gasteiger partial charge in [0.25, 0.3) is 5.56 Å². The quantitative estimate of drug-likeness (QED) is 0.704. The van der Waals surface area contributed by atoms with E-state index in [-0.39, 0.29) is 11.6 Å². The molecule has 0 aliphatic carbocycles. The van der Waals surface area contributed by atoms with E-state index < -0.39 is 0 Å². The maximum Gasteiger partial charge on any atom is 0.294 e. The van der Waals surface area contributed by atoms with Crippen molar-refractivity contribution >= 4 is 11.0 Å². The van der Waals surface area contributed by atoms with E-state index in [1.54, 1.807) is 27.9 Å². The van der Waals surface area contributed by atoms with Gasteiger partial charge < -0.3 is 4.57 Å². The highest BCUT2D eigenvalue weighted by Crippen LogP contribution is 2.14. The Balaban J connectivity index is 2.28. The first kappa shape index (κ1) is 11.6. The van der Waals surface area contributed by atoms with Crippen molar-refractivity contribution in [1.82, 2.24) is 19.1 Å². The molecule has 5 nitrogen and oxygen atoms in total. The molecule has 2 aromatic heterocycles. The van der Waals surface area contributed by atoms with Crippen LogP contribution in [0.4, 0.5) is 0 Å². The highest BCUT2D eigenvalue weighted by atomic mass is 16.1. The van der Waals surface area contributed by atoms with Crippen molar-refractivity contribution in [3.05, 3.63) is 53.3 Å². The van der Waals surface area contributed by atoms with Crippen molar-refractivity contribution in [3.8, 4) is 5.82 Å². The van der Waals surface area contributed by atoms with Crippen molar-refractivity contribution in [1.29, 1.82) is 0 Å². The lowest BCUT2D eigenvalue weighted by atomic mass is 10.3. The van der Waals surface area contributed by atoms with Gasteiger partial charge in [-0.15, -0.1) is 0 Å². The van der Waals surface area contributed by atoms with Crippen LogP contribution in [0.15, 0.2) is 47.8 Å². The zero-order valence-corrected chi connectivity index (χ0v) is 10.8. The zero-order valence-electron chi connectivity index (χ0n) is 10.8. The van der Waals surface area contributed by atoms with Crippen LogP contribution in [-0.4, -0.2) is 19.1 Å². The molecule has 19 heavy (non-hydrogen) atoms. The van der Waals surface area contributed by atoms with E-state index in [9.17, 15) is 4.79 Å². The Morgan fingerprint density at radius 2 is 1.95 bits per heavy atom. The summed E-state index contributed by atoms with van der Waals surface area (Å²) < 4.78 is 3.40. The summed E-state index contributed by atoms with van der Waals surface area (Å²) in [6, 6.07) is 7.78. The molecule has 0 atom stereocenters. The molecule has 1 aromatic carbocycles. The van der Waals surface area contributed by atoms with Crippen LogP contribution < -0.4 is 5.56 Å². The number of fused-ring (bicyclic) bond motifs is 1. The molecule has 0 fully saturated rings. The van der Waals surface area contributed by atoms with E-state index in [0.29, 0.717) is 5.82 Å². The molecular weight excluding hydrogens is 240 g/mol. The van der Waals surface area contributed by atoms with Gasteiger partial charge in [0.05, 0.1) is 11.0 Å². The second kappa shape index (κ2) is 4.35. The summed E-state index contributed by atoms with van der Waals surface area (Å²) >= 11 is 0. The van der Waals surface area contributed by atoms with Gasteiger partial charge in [0.2, 0.25) is 5.82 Å². The highest BCUT2D eigenvalue weighted by Gasteiger charge is 2.11. The molecule has 0 unspecified atom stereocenters. The lowest BCUT2D eigenvalue weighted by Crippen LogP contribution is -2.26. The number of benzene rings is 1. The average Bonchev–Trinajstić information content (AvgIpc) is 2.82. The summed E-state index contributed by atoms with van der Waals surface area (Å²) in [5, 5.41) is 0. The number of para-hydroxylation sites is 2. The summed E-state index contributed by atoms with van der Waals surface area (Å²) in [4.78, 5) is 20.9. The fourth-order valence-corrected chi connectivity index (χ4v) is 2.11. The van der Waals surface area contributed by atoms with Crippen molar-refractivity contribution in [3.63, 3.8) is 0 Å². The van der Waals surface area contributed by atoms with Crippen LogP contribution in [0, 0.1) is 0 Å². The van der Waals surface area contributed by atoms with Crippen molar-refractivity contribution in [2.24, 2.45) is 0 Å². The summed E-state index contributed by atoms with van der Waals surface area (Å²) in [5.74, 6) is 0.380. The highest BCUT2D eigenvalue weighted by molar-refractivity contribution is 5.76. The normalized spacial score (nSPS) is 11.3. The fraction of sp³-hybridized carbons (Fsp3) is 0.214. The minimum Gasteiger partial charge on any atom is -0.308 e. The number of rotatable bonds is 2. The molecule has 0 saturated carbocycles. The third-order valence-corrected chi connectivity index (χ3v) is 3.09. The second-order valence-electron chi connectivity index (χ2n) is 4.66. The van der Waals surface area contributed by atoms with Crippen LogP contribution in [0.3, 0.4) is 0 Å². The molecule has 0 amide bonds. The molecule has 0 aliphatic heterocycles. The molecule has 0 spiro atoms. The molecule has 0 bridgehead atoms. The molecule has 0 radical (unpaired) electrons. The molecule has 3 aromatic rings. The number of imidazole rings is 1. The van der Waals surface area contributed by atoms with E-state index >= 15 is 0 Å². The zero-order chi connectivity index (χ0) is 13.4. The van der Waals surface area contributed by atoms with Gasteiger partial charge in [-0.25, -0.2) is 9.97 Å². The standard InChI is InChI=1S/C14H14N4O/c1-10(2)17-8-7-15-13(14(17)19)18-9-16-11-5-3-4-6-12(11)18/h3-10H,1-2H3. The number of aromatic nitrogens is 4. The first-order valence-corrected chi connectivity index (χ1v) is 6.18. The van der Waals surface area contributed by atoms with Crippen LogP contribution in [0.25, 0.3) is 16.9 Å². The molecule has 3 rings (SSSR count). The predicted molar refractivity (Wildman–Crippen MR) is 73.5 cm³/mol.